The maximum absolute atomic E-state index is 13.4. The summed E-state index contributed by atoms with van der Waals surface area (Å²) in [5, 5.41) is 14.8. The van der Waals surface area contributed by atoms with E-state index in [0.717, 1.165) is 18.7 Å². The molecule has 0 radical (unpaired) electrons. The van der Waals surface area contributed by atoms with Gasteiger partial charge in [0.25, 0.3) is 5.91 Å². The number of rotatable bonds is 6. The van der Waals surface area contributed by atoms with Crippen LogP contribution >= 0.6 is 0 Å². The van der Waals surface area contributed by atoms with Gasteiger partial charge in [0.2, 0.25) is 5.75 Å². The third-order valence-electron chi connectivity index (χ3n) is 5.05. The SMILES string of the molecule is COc1cc(C(=O)N2CCN(Cc3cccc(F)c3)CC2)cc(OC)c1OC.O=C(O)C(=O)O. The van der Waals surface area contributed by atoms with Gasteiger partial charge in [-0.25, -0.2) is 14.0 Å². The van der Waals surface area contributed by atoms with Crippen LogP contribution in [0.5, 0.6) is 17.2 Å². The third-order valence-corrected chi connectivity index (χ3v) is 5.05. The molecule has 1 aliphatic heterocycles. The van der Waals surface area contributed by atoms with Crippen LogP contribution in [0.25, 0.3) is 0 Å². The number of hydrogen-bond acceptors (Lipinski definition) is 7. The van der Waals surface area contributed by atoms with E-state index in [2.05, 4.69) is 4.90 Å². The van der Waals surface area contributed by atoms with Crippen molar-refractivity contribution < 1.29 is 43.2 Å². The maximum atomic E-state index is 13.4. The van der Waals surface area contributed by atoms with Crippen LogP contribution in [0.1, 0.15) is 15.9 Å². The van der Waals surface area contributed by atoms with Crippen molar-refractivity contribution >= 4 is 17.8 Å². The van der Waals surface area contributed by atoms with Crippen molar-refractivity contribution in [2.45, 2.75) is 6.54 Å². The zero-order valence-electron chi connectivity index (χ0n) is 19.1. The quantitative estimate of drug-likeness (QED) is 0.599. The van der Waals surface area contributed by atoms with Gasteiger partial charge in [-0.15, -0.1) is 0 Å². The fourth-order valence-corrected chi connectivity index (χ4v) is 3.39. The monoisotopic (exact) mass is 478 g/mol. The normalized spacial score (nSPS) is 13.4. The minimum atomic E-state index is -1.82. The molecule has 2 N–H and O–H groups in total. The number of piperazine rings is 1. The number of aliphatic carboxylic acids is 2. The van der Waals surface area contributed by atoms with Crippen molar-refractivity contribution in [1.29, 1.82) is 0 Å². The zero-order chi connectivity index (χ0) is 25.3. The van der Waals surface area contributed by atoms with Crippen LogP contribution in [0.2, 0.25) is 0 Å². The number of methoxy groups -OCH3 is 3. The summed E-state index contributed by atoms with van der Waals surface area (Å²) in [5.41, 5.74) is 1.43. The molecule has 10 nitrogen and oxygen atoms in total. The molecular formula is C23H27FN2O8. The smallest absolute Gasteiger partial charge is 0.414 e. The second-order valence-corrected chi connectivity index (χ2v) is 7.22. The number of hydrogen-bond donors (Lipinski definition) is 2. The maximum Gasteiger partial charge on any atom is 0.414 e. The first-order chi connectivity index (χ1) is 16.2. The van der Waals surface area contributed by atoms with E-state index < -0.39 is 11.9 Å². The van der Waals surface area contributed by atoms with Gasteiger partial charge >= 0.3 is 11.9 Å². The molecule has 0 unspecified atom stereocenters. The fourth-order valence-electron chi connectivity index (χ4n) is 3.39. The highest BCUT2D eigenvalue weighted by Crippen LogP contribution is 2.38. The second-order valence-electron chi connectivity index (χ2n) is 7.22. The molecule has 34 heavy (non-hydrogen) atoms. The number of carbonyl (C=O) groups excluding carboxylic acids is 1. The summed E-state index contributed by atoms with van der Waals surface area (Å²) in [4.78, 5) is 35.2. The number of halogens is 1. The summed E-state index contributed by atoms with van der Waals surface area (Å²) in [6.07, 6.45) is 0. The van der Waals surface area contributed by atoms with Gasteiger partial charge in [0.15, 0.2) is 11.5 Å². The average molecular weight is 478 g/mol. The first kappa shape index (κ1) is 26.4. The number of carbonyl (C=O) groups is 3. The number of carboxylic acids is 2. The highest BCUT2D eigenvalue weighted by atomic mass is 19.1. The molecule has 0 bridgehead atoms. The zero-order valence-corrected chi connectivity index (χ0v) is 19.1. The molecule has 1 fully saturated rings. The van der Waals surface area contributed by atoms with Gasteiger partial charge in [-0.1, -0.05) is 12.1 Å². The predicted molar refractivity (Wildman–Crippen MR) is 119 cm³/mol. The van der Waals surface area contributed by atoms with Crippen LogP contribution in [0.15, 0.2) is 36.4 Å². The molecule has 3 rings (SSSR count). The first-order valence-corrected chi connectivity index (χ1v) is 10.2. The Kier molecular flexibility index (Phi) is 9.62. The number of nitrogens with zero attached hydrogens (tertiary/aromatic N) is 2. The fraction of sp³-hybridized carbons (Fsp3) is 0.348. The van der Waals surface area contributed by atoms with Crippen molar-refractivity contribution in [3.8, 4) is 17.2 Å². The van der Waals surface area contributed by atoms with Crippen molar-refractivity contribution in [3.63, 3.8) is 0 Å². The molecule has 1 heterocycles. The predicted octanol–water partition coefficient (Wildman–Crippen LogP) is 1.97. The molecule has 0 spiro atoms. The van der Waals surface area contributed by atoms with Crippen LogP contribution in [-0.2, 0) is 16.1 Å². The van der Waals surface area contributed by atoms with E-state index in [1.807, 2.05) is 11.0 Å². The first-order valence-electron chi connectivity index (χ1n) is 10.2. The summed E-state index contributed by atoms with van der Waals surface area (Å²) in [5.74, 6) is -2.59. The third kappa shape index (κ3) is 7.07. The Morgan fingerprint density at radius 1 is 0.882 bits per heavy atom. The molecule has 2 aromatic rings. The van der Waals surface area contributed by atoms with Crippen molar-refractivity contribution in [2.24, 2.45) is 0 Å². The summed E-state index contributed by atoms with van der Waals surface area (Å²) in [7, 11) is 4.58. The molecule has 0 aromatic heterocycles. The van der Waals surface area contributed by atoms with Crippen LogP contribution < -0.4 is 14.2 Å². The largest absolute Gasteiger partial charge is 0.493 e. The van der Waals surface area contributed by atoms with E-state index in [1.54, 1.807) is 24.3 Å². The Morgan fingerprint density at radius 3 is 1.88 bits per heavy atom. The van der Waals surface area contributed by atoms with Crippen molar-refractivity contribution in [1.82, 2.24) is 9.80 Å². The Bertz CT molecular complexity index is 985. The van der Waals surface area contributed by atoms with Gasteiger partial charge in [0, 0.05) is 38.3 Å². The van der Waals surface area contributed by atoms with Crippen LogP contribution in [0.4, 0.5) is 4.39 Å². The van der Waals surface area contributed by atoms with Gasteiger partial charge in [-0.2, -0.15) is 0 Å². The lowest BCUT2D eigenvalue weighted by molar-refractivity contribution is -0.159. The van der Waals surface area contributed by atoms with E-state index >= 15 is 0 Å². The van der Waals surface area contributed by atoms with Crippen LogP contribution in [0, 0.1) is 5.82 Å². The minimum absolute atomic E-state index is 0.0790. The molecule has 0 atom stereocenters. The molecule has 184 valence electrons. The lowest BCUT2D eigenvalue weighted by Crippen LogP contribution is -2.48. The highest BCUT2D eigenvalue weighted by molar-refractivity contribution is 6.27. The Hall–Kier alpha value is -3.86. The molecular weight excluding hydrogens is 451 g/mol. The Morgan fingerprint density at radius 2 is 1.44 bits per heavy atom. The van der Waals surface area contributed by atoms with Crippen LogP contribution in [0.3, 0.4) is 0 Å². The lowest BCUT2D eigenvalue weighted by atomic mass is 10.1. The van der Waals surface area contributed by atoms with Gasteiger partial charge in [-0.05, 0) is 29.8 Å². The molecule has 1 aliphatic rings. The van der Waals surface area contributed by atoms with Gasteiger partial charge in [0.1, 0.15) is 5.82 Å². The lowest BCUT2D eigenvalue weighted by Gasteiger charge is -2.35. The van der Waals surface area contributed by atoms with Gasteiger partial charge in [-0.3, -0.25) is 9.69 Å². The second kappa shape index (κ2) is 12.4. The van der Waals surface area contributed by atoms with Crippen molar-refractivity contribution in [3.05, 3.63) is 53.3 Å². The van der Waals surface area contributed by atoms with E-state index in [1.165, 1.54) is 27.4 Å². The molecule has 2 aromatic carbocycles. The minimum Gasteiger partial charge on any atom is -0.493 e. The number of benzene rings is 2. The summed E-state index contributed by atoms with van der Waals surface area (Å²) < 4.78 is 29.3. The molecule has 1 amide bonds. The van der Waals surface area contributed by atoms with E-state index in [-0.39, 0.29) is 11.7 Å². The number of ether oxygens (including phenoxy) is 3. The van der Waals surface area contributed by atoms with Crippen LogP contribution in [-0.4, -0.2) is 85.4 Å². The topological polar surface area (TPSA) is 126 Å². The molecule has 0 aliphatic carbocycles. The summed E-state index contributed by atoms with van der Waals surface area (Å²) in [6, 6.07) is 9.96. The standard InChI is InChI=1S/C21H25FN2O4.C2H2O4/c1-26-18-12-16(13-19(27-2)20(18)28-3)21(25)24-9-7-23(8-10-24)14-15-5-4-6-17(22)11-15;3-1(4)2(5)6/h4-6,11-13H,7-10,14H2,1-3H3;(H,3,4)(H,5,6). The van der Waals surface area contributed by atoms with Gasteiger partial charge in [0.05, 0.1) is 21.3 Å². The molecule has 0 saturated carbocycles. The number of carboxylic acid groups (broad SMARTS) is 2. The average Bonchev–Trinajstić information content (AvgIpc) is 2.83. The highest BCUT2D eigenvalue weighted by Gasteiger charge is 2.24. The summed E-state index contributed by atoms with van der Waals surface area (Å²) >= 11 is 0. The Labute approximate surface area is 196 Å². The molecule has 11 heteroatoms. The van der Waals surface area contributed by atoms with Gasteiger partial charge < -0.3 is 29.3 Å². The van der Waals surface area contributed by atoms with E-state index in [4.69, 9.17) is 34.0 Å². The summed E-state index contributed by atoms with van der Waals surface area (Å²) in [6.45, 7) is 3.33. The van der Waals surface area contributed by atoms with E-state index in [9.17, 15) is 9.18 Å². The van der Waals surface area contributed by atoms with Crippen molar-refractivity contribution in [2.75, 3.05) is 47.5 Å². The van der Waals surface area contributed by atoms with E-state index in [0.29, 0.717) is 42.4 Å². The molecule has 1 saturated heterocycles. The Balaban J connectivity index is 0.000000604. The number of amides is 1.